The Kier molecular flexibility index (Phi) is 7.22. The van der Waals surface area contributed by atoms with E-state index in [-0.39, 0.29) is 33.9 Å². The molecule has 1 aliphatic heterocycles. The Bertz CT molecular complexity index is 1330. The molecule has 1 aliphatic rings. The van der Waals surface area contributed by atoms with E-state index in [0.717, 1.165) is 16.2 Å². The first-order chi connectivity index (χ1) is 16.1. The van der Waals surface area contributed by atoms with Crippen LogP contribution < -0.4 is 5.32 Å². The first-order valence-corrected chi connectivity index (χ1v) is 13.0. The molecule has 0 unspecified atom stereocenters. The monoisotopic (exact) mass is 567 g/mol. The number of halogens is 3. The fraction of sp³-hybridized carbons (Fsp3) is 0.217. The van der Waals surface area contributed by atoms with Crippen LogP contribution in [0.4, 0.5) is 15.8 Å². The number of nitrogens with zero attached hydrogens (tertiary/aromatic N) is 2. The quantitative estimate of drug-likeness (QED) is 0.386. The van der Waals surface area contributed by atoms with Gasteiger partial charge in [-0.15, -0.1) is 0 Å². The highest BCUT2D eigenvalue weighted by Crippen LogP contribution is 2.36. The molecule has 3 aromatic rings. The maximum atomic E-state index is 13.4. The second-order valence-electron chi connectivity index (χ2n) is 7.89. The normalized spacial score (nSPS) is 14.8. The largest absolute Gasteiger partial charge is 0.353 e. The summed E-state index contributed by atoms with van der Waals surface area (Å²) in [6.07, 6.45) is 2.48. The molecule has 178 valence electrons. The van der Waals surface area contributed by atoms with Crippen molar-refractivity contribution in [3.63, 3.8) is 0 Å². The Balaban J connectivity index is 1.62. The van der Waals surface area contributed by atoms with Crippen molar-refractivity contribution in [3.8, 4) is 0 Å². The van der Waals surface area contributed by atoms with E-state index in [0.29, 0.717) is 31.6 Å². The minimum absolute atomic E-state index is 0.0352. The number of carbonyl (C=O) groups is 1. The Hall–Kier alpha value is -2.53. The van der Waals surface area contributed by atoms with Gasteiger partial charge in [0, 0.05) is 29.4 Å². The lowest BCUT2D eigenvalue weighted by molar-refractivity contribution is 0.0713. The number of hydrogen-bond donors (Lipinski definition) is 2. The van der Waals surface area contributed by atoms with Gasteiger partial charge < -0.3 is 10.2 Å². The van der Waals surface area contributed by atoms with E-state index in [4.69, 9.17) is 11.6 Å². The molecule has 1 amide bonds. The van der Waals surface area contributed by atoms with Crippen molar-refractivity contribution in [2.75, 3.05) is 18.4 Å². The molecule has 11 heteroatoms. The molecule has 0 atom stereocenters. The highest BCUT2D eigenvalue weighted by molar-refractivity contribution is 9.10. The van der Waals surface area contributed by atoms with Crippen molar-refractivity contribution in [3.05, 3.63) is 81.2 Å². The molecule has 0 aliphatic carbocycles. The Morgan fingerprint density at radius 1 is 1.18 bits per heavy atom. The molecular formula is C23H20BrClFN3O4S. The third kappa shape index (κ3) is 5.41. The van der Waals surface area contributed by atoms with Crippen LogP contribution in [0.2, 0.25) is 5.02 Å². The summed E-state index contributed by atoms with van der Waals surface area (Å²) in [6, 6.07) is 13.4. The fourth-order valence-electron chi connectivity index (χ4n) is 3.97. The summed E-state index contributed by atoms with van der Waals surface area (Å²) in [4.78, 5) is 18.8. The van der Waals surface area contributed by atoms with E-state index >= 15 is 0 Å². The second-order valence-corrected chi connectivity index (χ2v) is 10.5. The van der Waals surface area contributed by atoms with Crippen LogP contribution in [0.25, 0.3) is 0 Å². The lowest BCUT2D eigenvalue weighted by Gasteiger charge is -2.32. The van der Waals surface area contributed by atoms with Gasteiger partial charge in [-0.25, -0.2) is 9.37 Å². The van der Waals surface area contributed by atoms with Crippen molar-refractivity contribution in [2.45, 2.75) is 23.8 Å². The molecule has 1 saturated heterocycles. The molecule has 0 spiro atoms. The maximum absolute atomic E-state index is 13.4. The van der Waals surface area contributed by atoms with Crippen molar-refractivity contribution in [1.82, 2.24) is 9.88 Å². The van der Waals surface area contributed by atoms with Gasteiger partial charge in [-0.2, -0.15) is 8.42 Å². The molecule has 34 heavy (non-hydrogen) atoms. The van der Waals surface area contributed by atoms with Crippen molar-refractivity contribution in [1.29, 1.82) is 0 Å². The Morgan fingerprint density at radius 3 is 2.47 bits per heavy atom. The minimum Gasteiger partial charge on any atom is -0.353 e. The van der Waals surface area contributed by atoms with E-state index in [1.54, 1.807) is 41.3 Å². The van der Waals surface area contributed by atoms with E-state index in [2.05, 4.69) is 26.2 Å². The summed E-state index contributed by atoms with van der Waals surface area (Å²) < 4.78 is 47.0. The van der Waals surface area contributed by atoms with Gasteiger partial charge in [0.2, 0.25) is 5.03 Å². The van der Waals surface area contributed by atoms with Crippen LogP contribution in [0.15, 0.2) is 64.2 Å². The SMILES string of the molecule is O=C(c1cnc(S(=O)(=O)O)c(Cl)c1Nc1cccc(Br)c1)N1CCC(c2ccc(F)cc2)CC1. The number of hydrogen-bond acceptors (Lipinski definition) is 5. The number of amides is 1. The van der Waals surface area contributed by atoms with Gasteiger partial charge in [0.25, 0.3) is 5.91 Å². The summed E-state index contributed by atoms with van der Waals surface area (Å²) in [5.74, 6) is -0.460. The zero-order valence-corrected chi connectivity index (χ0v) is 20.9. The van der Waals surface area contributed by atoms with Gasteiger partial charge >= 0.3 is 10.1 Å². The molecule has 4 rings (SSSR count). The van der Waals surface area contributed by atoms with Crippen molar-refractivity contribution >= 4 is 54.9 Å². The van der Waals surface area contributed by atoms with Gasteiger partial charge in [0.1, 0.15) is 10.8 Å². The predicted octanol–water partition coefficient (Wildman–Crippen LogP) is 5.65. The minimum atomic E-state index is -4.71. The molecular weight excluding hydrogens is 549 g/mol. The van der Waals surface area contributed by atoms with Crippen LogP contribution in [0.1, 0.15) is 34.7 Å². The molecule has 2 heterocycles. The lowest BCUT2D eigenvalue weighted by atomic mass is 9.89. The van der Waals surface area contributed by atoms with Gasteiger partial charge in [-0.3, -0.25) is 9.35 Å². The molecule has 2 N–H and O–H groups in total. The average Bonchev–Trinajstić information content (AvgIpc) is 2.80. The summed E-state index contributed by atoms with van der Waals surface area (Å²) in [7, 11) is -4.71. The topological polar surface area (TPSA) is 99.6 Å². The standard InChI is InChI=1S/C23H20BrClFN3O4S/c24-16-2-1-3-18(12-16)28-21-19(13-27-22(20(21)25)34(31,32)33)23(30)29-10-8-15(9-11-29)14-4-6-17(26)7-5-14/h1-7,12-13,15H,8-11H2,(H,27,28)(H,31,32,33). The number of benzene rings is 2. The van der Waals surface area contributed by atoms with Gasteiger partial charge in [0.15, 0.2) is 0 Å². The average molecular weight is 569 g/mol. The Morgan fingerprint density at radius 2 is 1.85 bits per heavy atom. The summed E-state index contributed by atoms with van der Waals surface area (Å²) >= 11 is 9.67. The maximum Gasteiger partial charge on any atom is 0.313 e. The number of nitrogens with one attached hydrogen (secondary N) is 1. The number of anilines is 2. The number of carbonyl (C=O) groups excluding carboxylic acids is 1. The number of likely N-dealkylation sites (tertiary alicyclic amines) is 1. The molecule has 0 radical (unpaired) electrons. The summed E-state index contributed by atoms with van der Waals surface area (Å²) in [5.41, 5.74) is 1.69. The molecule has 7 nitrogen and oxygen atoms in total. The van der Waals surface area contributed by atoms with E-state index in [9.17, 15) is 22.2 Å². The molecule has 0 bridgehead atoms. The van der Waals surface area contributed by atoms with Crippen LogP contribution in [0, 0.1) is 5.82 Å². The van der Waals surface area contributed by atoms with E-state index in [1.165, 1.54) is 12.1 Å². The fourth-order valence-corrected chi connectivity index (χ4v) is 5.37. The third-order valence-corrected chi connectivity index (χ3v) is 7.45. The van der Waals surface area contributed by atoms with Crippen LogP contribution >= 0.6 is 27.5 Å². The first-order valence-electron chi connectivity index (χ1n) is 10.4. The zero-order chi connectivity index (χ0) is 24.5. The highest BCUT2D eigenvalue weighted by Gasteiger charge is 2.30. The molecule has 1 fully saturated rings. The summed E-state index contributed by atoms with van der Waals surface area (Å²) in [6.45, 7) is 0.906. The molecule has 1 aromatic heterocycles. The third-order valence-electron chi connectivity index (χ3n) is 5.68. The second kappa shape index (κ2) is 9.99. The smallest absolute Gasteiger partial charge is 0.313 e. The number of rotatable bonds is 5. The van der Waals surface area contributed by atoms with E-state index < -0.39 is 15.1 Å². The van der Waals surface area contributed by atoms with Gasteiger partial charge in [0.05, 0.1) is 11.3 Å². The van der Waals surface area contributed by atoms with Crippen molar-refractivity contribution in [2.24, 2.45) is 0 Å². The first kappa shape index (κ1) is 24.6. The number of pyridine rings is 1. The molecule has 0 saturated carbocycles. The number of piperidine rings is 1. The highest BCUT2D eigenvalue weighted by atomic mass is 79.9. The summed E-state index contributed by atoms with van der Waals surface area (Å²) in [5, 5.41) is 1.88. The number of aromatic nitrogens is 1. The van der Waals surface area contributed by atoms with Crippen molar-refractivity contribution < 1.29 is 22.2 Å². The van der Waals surface area contributed by atoms with Gasteiger partial charge in [-0.1, -0.05) is 45.7 Å². The molecule has 2 aromatic carbocycles. The zero-order valence-electron chi connectivity index (χ0n) is 17.7. The predicted molar refractivity (Wildman–Crippen MR) is 131 cm³/mol. The van der Waals surface area contributed by atoms with Crippen LogP contribution in [-0.4, -0.2) is 41.9 Å². The lowest BCUT2D eigenvalue weighted by Crippen LogP contribution is -2.38. The van der Waals surface area contributed by atoms with Gasteiger partial charge in [-0.05, 0) is 54.7 Å². The van der Waals surface area contributed by atoms with E-state index in [1.807, 2.05) is 0 Å². The van der Waals surface area contributed by atoms with Crippen LogP contribution in [0.3, 0.4) is 0 Å². The van der Waals surface area contributed by atoms with Crippen LogP contribution in [0.5, 0.6) is 0 Å². The Labute approximate surface area is 209 Å². The van der Waals surface area contributed by atoms with Crippen LogP contribution in [-0.2, 0) is 10.1 Å².